The second-order valence-electron chi connectivity index (χ2n) is 10.7. The van der Waals surface area contributed by atoms with Crippen LogP contribution in [-0.2, 0) is 4.57 Å². The molecule has 0 amide bonds. The molecule has 1 heterocycles. The molecule has 5 heteroatoms. The van der Waals surface area contributed by atoms with Gasteiger partial charge in [-0.1, -0.05) is 115 Å². The quantitative estimate of drug-likeness (QED) is 0.162. The van der Waals surface area contributed by atoms with Crippen molar-refractivity contribution in [3.8, 4) is 22.6 Å². The number of para-hydroxylation sites is 1. The van der Waals surface area contributed by atoms with Gasteiger partial charge in [0.1, 0.15) is 11.5 Å². The largest absolute Gasteiger partial charge is 0.496 e. The Morgan fingerprint density at radius 2 is 1.23 bits per heavy atom. The van der Waals surface area contributed by atoms with Crippen LogP contribution in [0.4, 0.5) is 5.69 Å². The SMILES string of the molecule is CCN1CC=C(C=Cc2c(OC)cc(-c3ccc(P(=O)(c4ccccc4)c4ccccc4)cc3)cc2OC)c2ccccc21. The van der Waals surface area contributed by atoms with Gasteiger partial charge >= 0.3 is 0 Å². The summed E-state index contributed by atoms with van der Waals surface area (Å²) < 4.78 is 26.5. The highest BCUT2D eigenvalue weighted by molar-refractivity contribution is 7.85. The Hall–Kier alpha value is -4.79. The standard InChI is InChI=1S/C39H36NO3P/c1-4-40-26-25-30(35-17-11-12-18-37(35)40)21-24-36-38(42-2)27-31(28-39(36)43-3)29-19-22-34(23-20-29)44(41,32-13-7-5-8-14-32)33-15-9-6-10-16-33/h5-25,27-28H,4,26H2,1-3H3. The number of allylic oxidation sites excluding steroid dienone is 2. The number of methoxy groups -OCH3 is 2. The monoisotopic (exact) mass is 597 g/mol. The van der Waals surface area contributed by atoms with E-state index in [1.165, 1.54) is 16.8 Å². The normalized spacial score (nSPS) is 13.0. The first-order chi connectivity index (χ1) is 21.6. The Morgan fingerprint density at radius 3 is 1.80 bits per heavy atom. The minimum atomic E-state index is -3.05. The Morgan fingerprint density at radius 1 is 0.682 bits per heavy atom. The molecular formula is C39H36NO3P. The molecule has 0 unspecified atom stereocenters. The highest BCUT2D eigenvalue weighted by atomic mass is 31.2. The first-order valence-corrected chi connectivity index (χ1v) is 16.6. The highest BCUT2D eigenvalue weighted by Crippen LogP contribution is 2.43. The number of benzene rings is 5. The number of rotatable bonds is 9. The van der Waals surface area contributed by atoms with Gasteiger partial charge in [0.15, 0.2) is 7.14 Å². The van der Waals surface area contributed by atoms with Gasteiger partial charge in [0, 0.05) is 40.3 Å². The van der Waals surface area contributed by atoms with Gasteiger partial charge in [-0.2, -0.15) is 0 Å². The van der Waals surface area contributed by atoms with E-state index in [0.717, 1.165) is 57.2 Å². The number of hydrogen-bond donors (Lipinski definition) is 0. The molecule has 5 aromatic carbocycles. The van der Waals surface area contributed by atoms with Gasteiger partial charge in [0.2, 0.25) is 0 Å². The Balaban J connectivity index is 1.35. The van der Waals surface area contributed by atoms with Crippen LogP contribution < -0.4 is 30.3 Å². The van der Waals surface area contributed by atoms with Gasteiger partial charge in [-0.15, -0.1) is 0 Å². The van der Waals surface area contributed by atoms with Crippen molar-refractivity contribution in [2.24, 2.45) is 0 Å². The highest BCUT2D eigenvalue weighted by Gasteiger charge is 2.29. The van der Waals surface area contributed by atoms with Gasteiger partial charge in [-0.25, -0.2) is 0 Å². The van der Waals surface area contributed by atoms with Gasteiger partial charge in [-0.3, -0.25) is 0 Å². The first kappa shape index (κ1) is 29.3. The van der Waals surface area contributed by atoms with Crippen LogP contribution in [0.2, 0.25) is 0 Å². The van der Waals surface area contributed by atoms with Crippen molar-refractivity contribution in [2.45, 2.75) is 6.92 Å². The molecule has 6 rings (SSSR count). The number of hydrogen-bond acceptors (Lipinski definition) is 4. The summed E-state index contributed by atoms with van der Waals surface area (Å²) in [5, 5.41) is 2.42. The lowest BCUT2D eigenvalue weighted by Gasteiger charge is -2.29. The van der Waals surface area contributed by atoms with Crippen LogP contribution in [-0.4, -0.2) is 27.3 Å². The second-order valence-corrected chi connectivity index (χ2v) is 13.4. The van der Waals surface area contributed by atoms with Gasteiger partial charge in [0.25, 0.3) is 0 Å². The molecule has 0 saturated heterocycles. The van der Waals surface area contributed by atoms with E-state index in [1.807, 2.05) is 97.1 Å². The zero-order chi connectivity index (χ0) is 30.5. The van der Waals surface area contributed by atoms with Crippen molar-refractivity contribution >= 4 is 40.4 Å². The molecule has 5 aromatic rings. The minimum absolute atomic E-state index is 0.721. The summed E-state index contributed by atoms with van der Waals surface area (Å²) in [5.74, 6) is 1.44. The van der Waals surface area contributed by atoms with E-state index in [0.29, 0.717) is 0 Å². The number of ether oxygens (including phenoxy) is 2. The molecule has 1 aliphatic heterocycles. The van der Waals surface area contributed by atoms with Crippen LogP contribution in [0, 0.1) is 0 Å². The molecule has 44 heavy (non-hydrogen) atoms. The first-order valence-electron chi connectivity index (χ1n) is 14.9. The Labute approximate surface area is 260 Å². The predicted octanol–water partition coefficient (Wildman–Crippen LogP) is 7.95. The van der Waals surface area contributed by atoms with E-state index in [4.69, 9.17) is 9.47 Å². The van der Waals surface area contributed by atoms with E-state index in [-0.39, 0.29) is 0 Å². The van der Waals surface area contributed by atoms with Gasteiger partial charge in [-0.05, 0) is 47.9 Å². The molecule has 0 N–H and O–H groups in total. The lowest BCUT2D eigenvalue weighted by Crippen LogP contribution is -2.26. The summed E-state index contributed by atoms with van der Waals surface area (Å²) in [4.78, 5) is 2.37. The molecule has 0 saturated carbocycles. The fraction of sp³-hybridized carbons (Fsp3) is 0.128. The van der Waals surface area contributed by atoms with Crippen LogP contribution in [0.5, 0.6) is 11.5 Å². The number of fused-ring (bicyclic) bond motifs is 1. The third kappa shape index (κ3) is 5.50. The molecule has 0 aliphatic carbocycles. The predicted molar refractivity (Wildman–Crippen MR) is 186 cm³/mol. The topological polar surface area (TPSA) is 38.8 Å². The third-order valence-corrected chi connectivity index (χ3v) is 11.3. The number of nitrogens with zero attached hydrogens (tertiary/aromatic N) is 1. The lowest BCUT2D eigenvalue weighted by atomic mass is 9.97. The fourth-order valence-corrected chi connectivity index (χ4v) is 8.54. The average molecular weight is 598 g/mol. The van der Waals surface area contributed by atoms with Crippen LogP contribution in [0.15, 0.2) is 133 Å². The molecule has 4 nitrogen and oxygen atoms in total. The molecule has 0 fully saturated rings. The molecular weight excluding hydrogens is 561 g/mol. The van der Waals surface area contributed by atoms with Crippen molar-refractivity contribution in [1.82, 2.24) is 0 Å². The van der Waals surface area contributed by atoms with Crippen LogP contribution in [0.1, 0.15) is 18.1 Å². The number of likely N-dealkylation sites (N-methyl/N-ethyl adjacent to an activating group) is 1. The van der Waals surface area contributed by atoms with Crippen LogP contribution >= 0.6 is 7.14 Å². The summed E-state index contributed by atoms with van der Waals surface area (Å²) in [7, 11) is 0.322. The second kappa shape index (κ2) is 12.8. The van der Waals surface area contributed by atoms with E-state index in [1.54, 1.807) is 14.2 Å². The maximum Gasteiger partial charge on any atom is 0.171 e. The van der Waals surface area contributed by atoms with Crippen molar-refractivity contribution in [3.63, 3.8) is 0 Å². The summed E-state index contributed by atoms with van der Waals surface area (Å²) in [6, 6.07) is 40.1. The molecule has 0 bridgehead atoms. The van der Waals surface area contributed by atoms with Gasteiger partial charge in [0.05, 0.1) is 19.8 Å². The molecule has 0 atom stereocenters. The van der Waals surface area contributed by atoms with E-state index in [2.05, 4.69) is 54.3 Å². The zero-order valence-corrected chi connectivity index (χ0v) is 26.2. The average Bonchev–Trinajstić information content (AvgIpc) is 3.10. The van der Waals surface area contributed by atoms with E-state index < -0.39 is 7.14 Å². The third-order valence-electron chi connectivity index (χ3n) is 8.25. The van der Waals surface area contributed by atoms with Gasteiger partial charge < -0.3 is 18.9 Å². The summed E-state index contributed by atoms with van der Waals surface area (Å²) >= 11 is 0. The molecule has 220 valence electrons. The lowest BCUT2D eigenvalue weighted by molar-refractivity contribution is 0.393. The van der Waals surface area contributed by atoms with Crippen LogP contribution in [0.3, 0.4) is 0 Å². The summed E-state index contributed by atoms with van der Waals surface area (Å²) in [5.41, 5.74) is 6.46. The van der Waals surface area contributed by atoms with Crippen LogP contribution in [0.25, 0.3) is 22.8 Å². The molecule has 1 aliphatic rings. The maximum atomic E-state index is 14.8. The Bertz CT molecular complexity index is 1790. The zero-order valence-electron chi connectivity index (χ0n) is 25.3. The van der Waals surface area contributed by atoms with E-state index in [9.17, 15) is 4.57 Å². The molecule has 0 spiro atoms. The van der Waals surface area contributed by atoms with Crippen molar-refractivity contribution in [1.29, 1.82) is 0 Å². The molecule has 0 radical (unpaired) electrons. The molecule has 0 aromatic heterocycles. The maximum absolute atomic E-state index is 14.8. The minimum Gasteiger partial charge on any atom is -0.496 e. The van der Waals surface area contributed by atoms with Crippen molar-refractivity contribution < 1.29 is 14.0 Å². The fourth-order valence-electron chi connectivity index (χ4n) is 5.90. The van der Waals surface area contributed by atoms with Crippen molar-refractivity contribution in [2.75, 3.05) is 32.2 Å². The summed E-state index contributed by atoms with van der Waals surface area (Å²) in [6.45, 7) is 4.02. The van der Waals surface area contributed by atoms with E-state index >= 15 is 0 Å². The van der Waals surface area contributed by atoms with Crippen molar-refractivity contribution in [3.05, 3.63) is 145 Å². The number of anilines is 1. The Kier molecular flexibility index (Phi) is 8.54. The summed E-state index contributed by atoms with van der Waals surface area (Å²) in [6.07, 6.45) is 6.48. The smallest absolute Gasteiger partial charge is 0.171 e.